The van der Waals surface area contributed by atoms with Crippen molar-refractivity contribution in [3.05, 3.63) is 69.8 Å². The molecule has 0 radical (unpaired) electrons. The molecule has 0 spiro atoms. The molecule has 36 heavy (non-hydrogen) atoms. The van der Waals surface area contributed by atoms with Gasteiger partial charge in [-0.3, -0.25) is 14.7 Å². The minimum atomic E-state index is -1.22. The molecule has 1 N–H and O–H groups in total. The van der Waals surface area contributed by atoms with Crippen molar-refractivity contribution < 1.29 is 19.0 Å². The number of methoxy groups -OCH3 is 1. The molecule has 1 fully saturated rings. The van der Waals surface area contributed by atoms with Gasteiger partial charge in [0.25, 0.3) is 0 Å². The van der Waals surface area contributed by atoms with Crippen molar-refractivity contribution in [2.45, 2.75) is 25.4 Å². The molecule has 0 unspecified atom stereocenters. The molecule has 0 bridgehead atoms. The summed E-state index contributed by atoms with van der Waals surface area (Å²) in [4.78, 5) is 18.4. The van der Waals surface area contributed by atoms with E-state index in [1.807, 2.05) is 11.0 Å². The van der Waals surface area contributed by atoms with Gasteiger partial charge in [0.05, 0.1) is 35.1 Å². The van der Waals surface area contributed by atoms with Gasteiger partial charge in [-0.1, -0.05) is 41.1 Å². The van der Waals surface area contributed by atoms with Crippen LogP contribution in [0.1, 0.15) is 36.6 Å². The van der Waals surface area contributed by atoms with Crippen LogP contribution in [0, 0.1) is 23.7 Å². The smallest absolute Gasteiger partial charge is 0.308 e. The summed E-state index contributed by atoms with van der Waals surface area (Å²) in [5, 5.41) is 11.4. The average molecular weight is 529 g/mol. The highest BCUT2D eigenvalue weighted by Gasteiger charge is 2.34. The van der Waals surface area contributed by atoms with Crippen LogP contribution >= 0.6 is 23.2 Å². The number of nitrogens with zero attached hydrogens (tertiary/aromatic N) is 2. The number of alkyl halides is 1. The minimum absolute atomic E-state index is 0.102. The molecule has 0 saturated carbocycles. The van der Waals surface area contributed by atoms with Gasteiger partial charge in [0.1, 0.15) is 11.9 Å². The Kier molecular flexibility index (Phi) is 8.68. The monoisotopic (exact) mass is 528 g/mol. The lowest BCUT2D eigenvalue weighted by atomic mass is 9.81. The van der Waals surface area contributed by atoms with Crippen LogP contribution in [-0.2, 0) is 4.79 Å². The minimum Gasteiger partial charge on any atom is -0.497 e. The molecule has 4 rings (SSSR count). The fraction of sp³-hybridized carbons (Fsp3) is 0.357. The van der Waals surface area contributed by atoms with E-state index in [9.17, 15) is 9.90 Å². The number of aliphatic carboxylic acids is 1. The first kappa shape index (κ1) is 26.2. The second-order valence-corrected chi connectivity index (χ2v) is 9.75. The third-order valence-corrected chi connectivity index (χ3v) is 7.56. The van der Waals surface area contributed by atoms with E-state index in [0.717, 1.165) is 0 Å². The molecule has 3 atom stereocenters. The van der Waals surface area contributed by atoms with Gasteiger partial charge < -0.3 is 9.84 Å². The largest absolute Gasteiger partial charge is 0.497 e. The van der Waals surface area contributed by atoms with E-state index in [1.165, 1.54) is 0 Å². The van der Waals surface area contributed by atoms with Gasteiger partial charge in [0.2, 0.25) is 0 Å². The number of aromatic nitrogens is 1. The number of pyridine rings is 1. The highest BCUT2D eigenvalue weighted by atomic mass is 35.5. The predicted octanol–water partition coefficient (Wildman–Crippen LogP) is 6.42. The van der Waals surface area contributed by atoms with Crippen LogP contribution < -0.4 is 4.74 Å². The van der Waals surface area contributed by atoms with Gasteiger partial charge in [-0.25, -0.2) is 4.39 Å². The van der Waals surface area contributed by atoms with E-state index in [1.54, 1.807) is 49.7 Å². The third-order valence-electron chi connectivity index (χ3n) is 6.75. The van der Waals surface area contributed by atoms with E-state index in [2.05, 4.69) is 16.8 Å². The molecule has 188 valence electrons. The molecule has 1 saturated heterocycles. The summed E-state index contributed by atoms with van der Waals surface area (Å²) in [6.45, 7) is 1.51. The SMILES string of the molecule is COc1ccc2nccc([C@H](F)CC[C@@H]3CCN(CC#Cc4cccc(Cl)c4Cl)C[C@@H]3C(=O)O)c2c1. The lowest BCUT2D eigenvalue weighted by molar-refractivity contribution is -0.146. The lowest BCUT2D eigenvalue weighted by Crippen LogP contribution is -2.44. The molecule has 3 aromatic rings. The van der Waals surface area contributed by atoms with Crippen molar-refractivity contribution in [3.63, 3.8) is 0 Å². The predicted molar refractivity (Wildman–Crippen MR) is 140 cm³/mol. The van der Waals surface area contributed by atoms with Gasteiger partial charge in [0.15, 0.2) is 0 Å². The fourth-order valence-electron chi connectivity index (χ4n) is 4.75. The van der Waals surface area contributed by atoms with Gasteiger partial charge in [-0.2, -0.15) is 0 Å². The Morgan fingerprint density at radius 1 is 1.31 bits per heavy atom. The molecule has 1 aromatic heterocycles. The van der Waals surface area contributed by atoms with Crippen LogP contribution in [0.15, 0.2) is 48.7 Å². The average Bonchev–Trinajstić information content (AvgIpc) is 2.89. The Bertz CT molecular complexity index is 1310. The molecule has 8 heteroatoms. The fourth-order valence-corrected chi connectivity index (χ4v) is 5.09. The van der Waals surface area contributed by atoms with Crippen LogP contribution in [0.2, 0.25) is 10.0 Å². The van der Waals surface area contributed by atoms with Gasteiger partial charge in [-0.05, 0) is 73.7 Å². The molecule has 1 aliphatic heterocycles. The number of fused-ring (bicyclic) bond motifs is 1. The summed E-state index contributed by atoms with van der Waals surface area (Å²) in [7, 11) is 1.57. The first-order valence-electron chi connectivity index (χ1n) is 11.8. The summed E-state index contributed by atoms with van der Waals surface area (Å²) in [6.07, 6.45) is 1.80. The van der Waals surface area contributed by atoms with Crippen LogP contribution in [-0.4, -0.2) is 47.7 Å². The zero-order valence-electron chi connectivity index (χ0n) is 19.9. The number of halogens is 3. The highest BCUT2D eigenvalue weighted by molar-refractivity contribution is 6.42. The number of hydrogen-bond acceptors (Lipinski definition) is 4. The zero-order valence-corrected chi connectivity index (χ0v) is 21.4. The van der Waals surface area contributed by atoms with Crippen molar-refractivity contribution in [2.75, 3.05) is 26.7 Å². The number of rotatable bonds is 7. The van der Waals surface area contributed by atoms with Gasteiger partial charge in [0, 0.05) is 23.7 Å². The summed E-state index contributed by atoms with van der Waals surface area (Å²) >= 11 is 12.2. The number of carbonyl (C=O) groups is 1. The van der Waals surface area contributed by atoms with Crippen molar-refractivity contribution in [3.8, 4) is 17.6 Å². The summed E-state index contributed by atoms with van der Waals surface area (Å²) in [6, 6.07) is 12.4. The van der Waals surface area contributed by atoms with Crippen LogP contribution in [0.4, 0.5) is 4.39 Å². The van der Waals surface area contributed by atoms with E-state index >= 15 is 4.39 Å². The molecule has 1 aliphatic rings. The number of piperidine rings is 1. The Labute approximate surface area is 220 Å². The zero-order chi connectivity index (χ0) is 25.7. The normalized spacial score (nSPS) is 18.9. The topological polar surface area (TPSA) is 62.7 Å². The quantitative estimate of drug-likeness (QED) is 0.358. The number of hydrogen-bond donors (Lipinski definition) is 1. The molecule has 0 amide bonds. The maximum absolute atomic E-state index is 15.4. The van der Waals surface area contributed by atoms with Crippen molar-refractivity contribution in [1.82, 2.24) is 9.88 Å². The second kappa shape index (κ2) is 11.9. The molecule has 0 aliphatic carbocycles. The Morgan fingerprint density at radius 2 is 2.14 bits per heavy atom. The van der Waals surface area contributed by atoms with Crippen molar-refractivity contribution in [1.29, 1.82) is 0 Å². The van der Waals surface area contributed by atoms with Crippen LogP contribution in [0.3, 0.4) is 0 Å². The number of ether oxygens (including phenoxy) is 1. The standard InChI is InChI=1S/C28H27Cl2FN2O3/c1-36-20-8-10-26-22(16-20)21(11-13-32-26)25(31)9-7-18-12-15-33(17-23(18)28(34)35)14-3-5-19-4-2-6-24(29)27(19)30/h2,4,6,8,10-11,13,16,18,23,25H,7,9,12,14-15,17H2,1H3,(H,34,35)/t18-,23+,25-/m1/s1. The summed E-state index contributed by atoms with van der Waals surface area (Å²) in [5.74, 6) is 5.20. The Balaban J connectivity index is 1.38. The van der Waals surface area contributed by atoms with Crippen LogP contribution in [0.5, 0.6) is 5.75 Å². The van der Waals surface area contributed by atoms with Gasteiger partial charge in [-0.15, -0.1) is 0 Å². The number of likely N-dealkylation sites (tertiary alicyclic amines) is 1. The molecular weight excluding hydrogens is 502 g/mol. The number of benzene rings is 2. The van der Waals surface area contributed by atoms with E-state index in [4.69, 9.17) is 27.9 Å². The summed E-state index contributed by atoms with van der Waals surface area (Å²) in [5.41, 5.74) is 1.90. The maximum Gasteiger partial charge on any atom is 0.308 e. The highest BCUT2D eigenvalue weighted by Crippen LogP contribution is 2.35. The van der Waals surface area contributed by atoms with E-state index in [-0.39, 0.29) is 12.3 Å². The molecule has 5 nitrogen and oxygen atoms in total. The number of carboxylic acids is 1. The molecule has 2 aromatic carbocycles. The summed E-state index contributed by atoms with van der Waals surface area (Å²) < 4.78 is 20.7. The Morgan fingerprint density at radius 3 is 2.92 bits per heavy atom. The molecular formula is C28H27Cl2FN2O3. The maximum atomic E-state index is 15.4. The third kappa shape index (κ3) is 6.10. The van der Waals surface area contributed by atoms with Crippen molar-refractivity contribution in [2.24, 2.45) is 11.8 Å². The first-order valence-corrected chi connectivity index (χ1v) is 12.6. The van der Waals surface area contributed by atoms with E-state index < -0.39 is 18.1 Å². The van der Waals surface area contributed by atoms with Crippen molar-refractivity contribution >= 4 is 40.1 Å². The van der Waals surface area contributed by atoms with E-state index in [0.29, 0.717) is 70.3 Å². The Hall–Kier alpha value is -2.85. The first-order chi connectivity index (χ1) is 17.4. The van der Waals surface area contributed by atoms with Gasteiger partial charge >= 0.3 is 5.97 Å². The molecule has 2 heterocycles. The number of carboxylic acid groups (broad SMARTS) is 1. The second-order valence-electron chi connectivity index (χ2n) is 8.96. The van der Waals surface area contributed by atoms with Crippen LogP contribution in [0.25, 0.3) is 10.9 Å². The lowest BCUT2D eigenvalue weighted by Gasteiger charge is -2.35.